The highest BCUT2D eigenvalue weighted by Crippen LogP contribution is 2.18. The van der Waals surface area contributed by atoms with E-state index in [1.54, 1.807) is 0 Å². The average molecular weight is 312 g/mol. The van der Waals surface area contributed by atoms with E-state index in [0.29, 0.717) is 6.54 Å². The van der Waals surface area contributed by atoms with Gasteiger partial charge in [0.25, 0.3) is 5.91 Å². The third-order valence-corrected chi connectivity index (χ3v) is 4.01. The summed E-state index contributed by atoms with van der Waals surface area (Å²) in [5.74, 6) is -0.0246. The van der Waals surface area contributed by atoms with Crippen LogP contribution >= 0.6 is 0 Å². The number of carbonyl (C=O) groups excluding carboxylic acids is 1. The molecule has 1 aromatic heterocycles. The van der Waals surface area contributed by atoms with Gasteiger partial charge in [0, 0.05) is 43.5 Å². The Morgan fingerprint density at radius 2 is 1.91 bits per heavy atom. The zero-order valence-electron chi connectivity index (χ0n) is 13.4. The minimum absolute atomic E-state index is 0.0246. The summed E-state index contributed by atoms with van der Waals surface area (Å²) in [4.78, 5) is 14.5. The van der Waals surface area contributed by atoms with Crippen molar-refractivity contribution in [2.75, 3.05) is 36.5 Å². The van der Waals surface area contributed by atoms with Gasteiger partial charge in [0.15, 0.2) is 11.9 Å². The average Bonchev–Trinajstić information content (AvgIpc) is 2.58. The second-order valence-corrected chi connectivity index (χ2v) is 5.66. The van der Waals surface area contributed by atoms with Gasteiger partial charge in [0.05, 0.1) is 13.2 Å². The van der Waals surface area contributed by atoms with Crippen LogP contribution in [-0.4, -0.2) is 32.2 Å². The van der Waals surface area contributed by atoms with E-state index in [1.165, 1.54) is 5.69 Å². The summed E-state index contributed by atoms with van der Waals surface area (Å²) in [6.07, 6.45) is 1.91. The number of hydrogen-bond acceptors (Lipinski definition) is 3. The zero-order chi connectivity index (χ0) is 16.1. The Morgan fingerprint density at radius 3 is 2.61 bits per heavy atom. The van der Waals surface area contributed by atoms with Crippen molar-refractivity contribution in [3.8, 4) is 0 Å². The van der Waals surface area contributed by atoms with Crippen molar-refractivity contribution in [2.45, 2.75) is 13.5 Å². The topological polar surface area (TPSA) is 45.5 Å². The fourth-order valence-corrected chi connectivity index (χ4v) is 2.67. The van der Waals surface area contributed by atoms with Gasteiger partial charge in [-0.05, 0) is 24.3 Å². The number of aromatic nitrogens is 1. The summed E-state index contributed by atoms with van der Waals surface area (Å²) in [7, 11) is 0. The Morgan fingerprint density at radius 1 is 1.17 bits per heavy atom. The summed E-state index contributed by atoms with van der Waals surface area (Å²) in [6.45, 7) is 5.67. The van der Waals surface area contributed by atoms with Gasteiger partial charge in [-0.2, -0.15) is 4.57 Å². The van der Waals surface area contributed by atoms with E-state index in [1.807, 2.05) is 60.2 Å². The second-order valence-electron chi connectivity index (χ2n) is 5.66. The first-order chi connectivity index (χ1) is 11.2. The molecule has 0 unspecified atom stereocenters. The number of rotatable bonds is 4. The van der Waals surface area contributed by atoms with Gasteiger partial charge in [-0.3, -0.25) is 4.79 Å². The van der Waals surface area contributed by atoms with Crippen LogP contribution in [0, 0.1) is 6.92 Å². The largest absolute Gasteiger partial charge is 0.378 e. The third kappa shape index (κ3) is 4.07. The second kappa shape index (κ2) is 7.24. The molecule has 0 atom stereocenters. The molecular weight excluding hydrogens is 290 g/mol. The Balaban J connectivity index is 1.59. The molecule has 0 saturated carbocycles. The molecule has 23 heavy (non-hydrogen) atoms. The molecule has 0 spiro atoms. The number of hydrogen-bond donors (Lipinski definition) is 1. The molecule has 1 aromatic carbocycles. The lowest BCUT2D eigenvalue weighted by atomic mass is 10.2. The number of pyridine rings is 1. The number of aryl methyl sites for hydroxylation is 1. The maximum atomic E-state index is 12.2. The molecule has 1 N–H and O–H groups in total. The number of morpholine rings is 1. The van der Waals surface area contributed by atoms with Crippen LogP contribution in [0.15, 0.2) is 48.7 Å². The Bertz CT molecular complexity index is 664. The first-order valence-electron chi connectivity index (χ1n) is 7.90. The minimum atomic E-state index is -0.0246. The van der Waals surface area contributed by atoms with E-state index < -0.39 is 0 Å². The maximum Gasteiger partial charge on any atom is 0.290 e. The van der Waals surface area contributed by atoms with Crippen LogP contribution in [0.1, 0.15) is 5.69 Å². The van der Waals surface area contributed by atoms with Gasteiger partial charge in [-0.25, -0.2) is 0 Å². The van der Waals surface area contributed by atoms with Crippen LogP contribution in [-0.2, 0) is 16.1 Å². The van der Waals surface area contributed by atoms with E-state index in [2.05, 4.69) is 10.2 Å². The van der Waals surface area contributed by atoms with E-state index in [9.17, 15) is 4.79 Å². The Hall–Kier alpha value is -2.40. The Labute approximate surface area is 136 Å². The molecule has 1 aliphatic rings. The number of anilines is 2. The lowest BCUT2D eigenvalue weighted by Crippen LogP contribution is -2.42. The van der Waals surface area contributed by atoms with Crippen LogP contribution in [0.3, 0.4) is 0 Å². The number of nitrogens with one attached hydrogen (secondary N) is 1. The highest BCUT2D eigenvalue weighted by atomic mass is 16.5. The van der Waals surface area contributed by atoms with Crippen molar-refractivity contribution >= 4 is 17.3 Å². The first-order valence-corrected chi connectivity index (χ1v) is 7.90. The fourth-order valence-electron chi connectivity index (χ4n) is 2.67. The molecule has 2 heterocycles. The standard InChI is InChI=1S/C18H21N3O2/c1-15-4-2-3-9-21(15)14-18(22)19-16-5-7-17(8-6-16)20-10-12-23-13-11-20/h2-9H,10-14H2,1H3/p+1. The van der Waals surface area contributed by atoms with Crippen molar-refractivity contribution in [3.63, 3.8) is 0 Å². The molecule has 120 valence electrons. The molecule has 0 aliphatic carbocycles. The van der Waals surface area contributed by atoms with Crippen LogP contribution in [0.25, 0.3) is 0 Å². The highest BCUT2D eigenvalue weighted by Gasteiger charge is 2.13. The van der Waals surface area contributed by atoms with Gasteiger partial charge < -0.3 is 15.0 Å². The lowest BCUT2D eigenvalue weighted by molar-refractivity contribution is -0.690. The number of amides is 1. The van der Waals surface area contributed by atoms with Gasteiger partial charge >= 0.3 is 0 Å². The summed E-state index contributed by atoms with van der Waals surface area (Å²) in [5, 5.41) is 2.94. The van der Waals surface area contributed by atoms with Crippen molar-refractivity contribution in [1.29, 1.82) is 0 Å². The van der Waals surface area contributed by atoms with Gasteiger partial charge in [-0.15, -0.1) is 0 Å². The predicted molar refractivity (Wildman–Crippen MR) is 89.5 cm³/mol. The van der Waals surface area contributed by atoms with E-state index >= 15 is 0 Å². The molecule has 1 aliphatic heterocycles. The molecule has 2 aromatic rings. The molecule has 0 bridgehead atoms. The summed E-state index contributed by atoms with van der Waals surface area (Å²) in [5.41, 5.74) is 3.05. The molecule has 5 nitrogen and oxygen atoms in total. The SMILES string of the molecule is Cc1cccc[n+]1CC(=O)Nc1ccc(N2CCOCC2)cc1. The maximum absolute atomic E-state index is 12.2. The molecule has 1 saturated heterocycles. The van der Waals surface area contributed by atoms with Crippen molar-refractivity contribution < 1.29 is 14.1 Å². The van der Waals surface area contributed by atoms with Gasteiger partial charge in [-0.1, -0.05) is 6.07 Å². The van der Waals surface area contributed by atoms with Gasteiger partial charge in [0.2, 0.25) is 6.54 Å². The smallest absolute Gasteiger partial charge is 0.290 e. The van der Waals surface area contributed by atoms with E-state index in [-0.39, 0.29) is 5.91 Å². The minimum Gasteiger partial charge on any atom is -0.378 e. The zero-order valence-corrected chi connectivity index (χ0v) is 13.4. The molecule has 5 heteroatoms. The molecule has 0 radical (unpaired) electrons. The lowest BCUT2D eigenvalue weighted by Gasteiger charge is -2.28. The molecule has 3 rings (SSSR count). The number of ether oxygens (including phenoxy) is 1. The van der Waals surface area contributed by atoms with Crippen molar-refractivity contribution in [1.82, 2.24) is 0 Å². The van der Waals surface area contributed by atoms with Crippen LogP contribution in [0.4, 0.5) is 11.4 Å². The molecule has 1 amide bonds. The predicted octanol–water partition coefficient (Wildman–Crippen LogP) is 1.76. The number of carbonyl (C=O) groups is 1. The quantitative estimate of drug-likeness (QED) is 0.875. The molecular formula is C18H22N3O2+. The summed E-state index contributed by atoms with van der Waals surface area (Å²) >= 11 is 0. The normalized spacial score (nSPS) is 14.6. The van der Waals surface area contributed by atoms with Crippen LogP contribution in [0.5, 0.6) is 0 Å². The van der Waals surface area contributed by atoms with Crippen LogP contribution < -0.4 is 14.8 Å². The highest BCUT2D eigenvalue weighted by molar-refractivity contribution is 5.89. The van der Waals surface area contributed by atoms with Crippen LogP contribution in [0.2, 0.25) is 0 Å². The fraction of sp³-hybridized carbons (Fsp3) is 0.333. The Kier molecular flexibility index (Phi) is 4.88. The third-order valence-electron chi connectivity index (χ3n) is 4.01. The first kappa shape index (κ1) is 15.5. The van der Waals surface area contributed by atoms with Gasteiger partial charge in [0.1, 0.15) is 0 Å². The summed E-state index contributed by atoms with van der Waals surface area (Å²) in [6, 6.07) is 13.9. The number of benzene rings is 1. The summed E-state index contributed by atoms with van der Waals surface area (Å²) < 4.78 is 7.29. The number of nitrogens with zero attached hydrogens (tertiary/aromatic N) is 2. The van der Waals surface area contributed by atoms with Crippen molar-refractivity contribution in [2.24, 2.45) is 0 Å². The monoisotopic (exact) mass is 312 g/mol. The van der Waals surface area contributed by atoms with Crippen molar-refractivity contribution in [3.05, 3.63) is 54.4 Å². The van der Waals surface area contributed by atoms with E-state index in [0.717, 1.165) is 37.7 Å². The molecule has 1 fully saturated rings. The van der Waals surface area contributed by atoms with E-state index in [4.69, 9.17) is 4.74 Å².